The molecule has 1 aliphatic rings. The molecular weight excluding hydrogens is 380 g/mol. The molecule has 0 atom stereocenters. The van der Waals surface area contributed by atoms with Gasteiger partial charge in [-0.25, -0.2) is 0 Å². The van der Waals surface area contributed by atoms with Gasteiger partial charge in [0.05, 0.1) is 0 Å². The number of hydrogen-bond donors (Lipinski definition) is 0. The molecule has 0 radical (unpaired) electrons. The Morgan fingerprint density at radius 2 is 1.31 bits per heavy atom. The summed E-state index contributed by atoms with van der Waals surface area (Å²) >= 11 is -2.06. The Balaban J connectivity index is 2.20. The predicted molar refractivity (Wildman–Crippen MR) is 118 cm³/mol. The Bertz CT molecular complexity index is 648. The summed E-state index contributed by atoms with van der Waals surface area (Å²) in [6, 6.07) is 8.49. The quantitative estimate of drug-likeness (QED) is 0.427. The van der Waals surface area contributed by atoms with Crippen molar-refractivity contribution in [3.63, 3.8) is 0 Å². The van der Waals surface area contributed by atoms with E-state index < -0.39 is 13.3 Å². The Morgan fingerprint density at radius 3 is 1.69 bits per heavy atom. The van der Waals surface area contributed by atoms with Crippen LogP contribution in [0.25, 0.3) is 5.57 Å². The van der Waals surface area contributed by atoms with Crippen LogP contribution in [0.5, 0.6) is 0 Å². The van der Waals surface area contributed by atoms with Gasteiger partial charge in [0, 0.05) is 0 Å². The minimum absolute atomic E-state index is 0.315. The summed E-state index contributed by atoms with van der Waals surface area (Å²) in [5, 5.41) is 3.82. The van der Waals surface area contributed by atoms with Crippen LogP contribution in [0.3, 0.4) is 0 Å². The molecule has 1 fully saturated rings. The molecular formula is C22H35BGeO2. The Morgan fingerprint density at radius 1 is 0.885 bits per heavy atom. The second-order valence-corrected chi connectivity index (χ2v) is 19.6. The number of benzene rings is 1. The summed E-state index contributed by atoms with van der Waals surface area (Å²) in [7, 11) is -0.316. The molecule has 4 heteroatoms. The Hall–Kier alpha value is -0.772. The first-order chi connectivity index (χ1) is 12.0. The van der Waals surface area contributed by atoms with E-state index in [0.717, 1.165) is 11.0 Å². The average molecular weight is 415 g/mol. The van der Waals surface area contributed by atoms with Gasteiger partial charge in [0.2, 0.25) is 0 Å². The van der Waals surface area contributed by atoms with Gasteiger partial charge in [0.15, 0.2) is 0 Å². The molecule has 0 bridgehead atoms. The minimum atomic E-state index is -2.06. The van der Waals surface area contributed by atoms with Crippen molar-refractivity contribution in [1.82, 2.24) is 0 Å². The van der Waals surface area contributed by atoms with Crippen molar-refractivity contribution in [3.05, 3.63) is 47.4 Å². The van der Waals surface area contributed by atoms with E-state index in [1.165, 1.54) is 25.7 Å². The molecule has 0 saturated carbocycles. The van der Waals surface area contributed by atoms with Crippen molar-refractivity contribution >= 4 is 31.4 Å². The van der Waals surface area contributed by atoms with Gasteiger partial charge >= 0.3 is 164 Å². The van der Waals surface area contributed by atoms with Crippen LogP contribution < -0.4 is 5.46 Å². The van der Waals surface area contributed by atoms with E-state index in [2.05, 4.69) is 85.9 Å². The maximum atomic E-state index is 6.15. The van der Waals surface area contributed by atoms with Crippen LogP contribution in [0.4, 0.5) is 0 Å². The molecule has 0 unspecified atom stereocenters. The van der Waals surface area contributed by atoms with Crippen LogP contribution >= 0.6 is 0 Å². The van der Waals surface area contributed by atoms with Crippen molar-refractivity contribution in [3.8, 4) is 0 Å². The van der Waals surface area contributed by atoms with Crippen LogP contribution in [0.1, 0.15) is 54.0 Å². The molecule has 0 aromatic heterocycles. The van der Waals surface area contributed by atoms with E-state index in [9.17, 15) is 0 Å². The monoisotopic (exact) mass is 416 g/mol. The topological polar surface area (TPSA) is 18.5 Å². The Labute approximate surface area is 163 Å². The van der Waals surface area contributed by atoms with Crippen LogP contribution in [-0.2, 0) is 9.31 Å². The van der Waals surface area contributed by atoms with E-state index in [1.54, 1.807) is 0 Å². The zero-order chi connectivity index (χ0) is 19.8. The normalized spacial score (nSPS) is 18.8. The van der Waals surface area contributed by atoms with Gasteiger partial charge in [-0.2, -0.15) is 0 Å². The Kier molecular flexibility index (Phi) is 6.37. The molecule has 0 N–H and O–H groups in total. The fourth-order valence-electron chi connectivity index (χ4n) is 3.71. The fourth-order valence-corrected chi connectivity index (χ4v) is 11.2. The molecule has 0 aliphatic carbocycles. The van der Waals surface area contributed by atoms with E-state index in [0.29, 0.717) is 0 Å². The molecule has 1 saturated heterocycles. The van der Waals surface area contributed by atoms with Crippen LogP contribution in [0.2, 0.25) is 15.8 Å². The number of hydrogen-bond acceptors (Lipinski definition) is 2. The third kappa shape index (κ3) is 3.76. The van der Waals surface area contributed by atoms with Gasteiger partial charge in [-0.3, -0.25) is 0 Å². The molecule has 26 heavy (non-hydrogen) atoms. The second-order valence-electron chi connectivity index (χ2n) is 8.51. The first-order valence-electron chi connectivity index (χ1n) is 9.88. The van der Waals surface area contributed by atoms with E-state index >= 15 is 0 Å². The molecule has 2 rings (SSSR count). The zero-order valence-corrected chi connectivity index (χ0v) is 19.8. The van der Waals surface area contributed by atoms with Gasteiger partial charge in [-0.15, -0.1) is 0 Å². The van der Waals surface area contributed by atoms with Crippen molar-refractivity contribution in [2.75, 3.05) is 0 Å². The summed E-state index contributed by atoms with van der Waals surface area (Å²) in [6.45, 7) is 24.2. The predicted octanol–water partition coefficient (Wildman–Crippen LogP) is 5.60. The molecule has 0 amide bonds. The maximum absolute atomic E-state index is 6.15. The third-order valence-corrected chi connectivity index (χ3v) is 18.7. The third-order valence-electron chi connectivity index (χ3n) is 6.82. The van der Waals surface area contributed by atoms with Crippen LogP contribution in [-0.4, -0.2) is 31.6 Å². The second kappa shape index (κ2) is 7.69. The van der Waals surface area contributed by atoms with Crippen molar-refractivity contribution in [1.29, 1.82) is 0 Å². The summed E-state index contributed by atoms with van der Waals surface area (Å²) in [5.74, 6) is 0. The molecule has 1 aromatic rings. The standard InChI is InChI=1S/C22H35BGeO2/c1-10-24(11-2,12-3)18(5)17(4)19-13-15-20(16-14-19)23-25-21(6,7)22(8,9)26-23/h13-16H,4-5,10-12H2,1-3,6-9H3. The van der Waals surface area contributed by atoms with Gasteiger partial charge in [0.1, 0.15) is 0 Å². The molecule has 142 valence electrons. The van der Waals surface area contributed by atoms with Crippen molar-refractivity contribution in [2.24, 2.45) is 0 Å². The van der Waals surface area contributed by atoms with E-state index in [4.69, 9.17) is 9.31 Å². The molecule has 1 aliphatic heterocycles. The summed E-state index contributed by atoms with van der Waals surface area (Å²) < 4.78 is 13.7. The van der Waals surface area contributed by atoms with Crippen LogP contribution in [0.15, 0.2) is 41.8 Å². The van der Waals surface area contributed by atoms with Crippen molar-refractivity contribution < 1.29 is 9.31 Å². The number of rotatable bonds is 7. The summed E-state index contributed by atoms with van der Waals surface area (Å²) in [6.07, 6.45) is 0. The van der Waals surface area contributed by atoms with Gasteiger partial charge in [-0.1, -0.05) is 0 Å². The first kappa shape index (κ1) is 21.5. The summed E-state index contributed by atoms with van der Waals surface area (Å²) in [5.41, 5.74) is 2.71. The van der Waals surface area contributed by atoms with Gasteiger partial charge < -0.3 is 0 Å². The van der Waals surface area contributed by atoms with Crippen molar-refractivity contribution in [2.45, 2.75) is 75.4 Å². The molecule has 0 spiro atoms. The first-order valence-corrected chi connectivity index (χ1v) is 15.4. The van der Waals surface area contributed by atoms with Gasteiger partial charge in [-0.05, 0) is 0 Å². The number of allylic oxidation sites excluding steroid dienone is 2. The average Bonchev–Trinajstić information content (AvgIpc) is 2.84. The fraction of sp³-hybridized carbons (Fsp3) is 0.545. The zero-order valence-electron chi connectivity index (χ0n) is 17.7. The SMILES string of the molecule is C=C([C](=C)[Ge]([CH2]C)([CH2]C)[CH2]C)c1ccc(B2OC(C)(C)C(C)(C)O2)cc1. The van der Waals surface area contributed by atoms with E-state index in [1.807, 2.05) is 0 Å². The van der Waals surface area contributed by atoms with Gasteiger partial charge in [0.25, 0.3) is 0 Å². The molecule has 1 heterocycles. The molecule has 1 aromatic carbocycles. The molecule has 2 nitrogen and oxygen atoms in total. The van der Waals surface area contributed by atoms with Crippen LogP contribution in [0, 0.1) is 0 Å². The summed E-state index contributed by atoms with van der Waals surface area (Å²) in [4.78, 5) is 0. The van der Waals surface area contributed by atoms with E-state index in [-0.39, 0.29) is 18.3 Å².